The molecule has 0 N–H and O–H groups in total. The average molecular weight is 259 g/mol. The van der Waals surface area contributed by atoms with Crippen molar-refractivity contribution in [3.05, 3.63) is 63.2 Å². The summed E-state index contributed by atoms with van der Waals surface area (Å²) in [5.41, 5.74) is 0.859. The Balaban J connectivity index is 2.81. The van der Waals surface area contributed by atoms with Crippen LogP contribution in [0, 0.1) is 21.4 Å². The molecule has 0 heterocycles. The third-order valence-corrected chi connectivity index (χ3v) is 2.83. The lowest BCUT2D eigenvalue weighted by Crippen LogP contribution is -1.95. The van der Waals surface area contributed by atoms with Crippen LogP contribution in [0.4, 0.5) is 5.69 Å². The highest BCUT2D eigenvalue weighted by molar-refractivity contribution is 6.33. The van der Waals surface area contributed by atoms with E-state index in [1.54, 1.807) is 24.3 Å². The maximum absolute atomic E-state index is 11.0. The maximum atomic E-state index is 11.0. The summed E-state index contributed by atoms with van der Waals surface area (Å²) in [5.74, 6) is 0. The Hall–Kier alpha value is -2.38. The van der Waals surface area contributed by atoms with Gasteiger partial charge in [0.2, 0.25) is 0 Å². The number of nitro benzene ring substituents is 1. The first kappa shape index (κ1) is 12.1. The SMILES string of the molecule is N#Cc1cccc([N+](=O)[O-])c1-c1ccccc1Cl. The predicted octanol–water partition coefficient (Wildman–Crippen LogP) is 3.79. The van der Waals surface area contributed by atoms with Crippen molar-refractivity contribution in [2.75, 3.05) is 0 Å². The van der Waals surface area contributed by atoms with E-state index in [9.17, 15) is 10.1 Å². The molecule has 0 spiro atoms. The van der Waals surface area contributed by atoms with E-state index in [1.165, 1.54) is 18.2 Å². The molecule has 18 heavy (non-hydrogen) atoms. The Morgan fingerprint density at radius 3 is 2.50 bits per heavy atom. The summed E-state index contributed by atoms with van der Waals surface area (Å²) in [4.78, 5) is 10.5. The first-order valence-corrected chi connectivity index (χ1v) is 5.45. The number of nitriles is 1. The largest absolute Gasteiger partial charge is 0.278 e. The summed E-state index contributed by atoms with van der Waals surface area (Å²) in [6, 6.07) is 13.1. The lowest BCUT2D eigenvalue weighted by Gasteiger charge is -2.07. The van der Waals surface area contributed by atoms with Gasteiger partial charge < -0.3 is 0 Å². The molecule has 88 valence electrons. The minimum absolute atomic E-state index is 0.123. The zero-order valence-corrected chi connectivity index (χ0v) is 9.89. The summed E-state index contributed by atoms with van der Waals surface area (Å²) in [6.07, 6.45) is 0. The van der Waals surface area contributed by atoms with Crippen LogP contribution in [0.25, 0.3) is 11.1 Å². The second kappa shape index (κ2) is 4.86. The number of benzene rings is 2. The molecule has 0 atom stereocenters. The molecule has 0 fully saturated rings. The van der Waals surface area contributed by atoms with Gasteiger partial charge in [-0.2, -0.15) is 5.26 Å². The van der Waals surface area contributed by atoms with Crippen LogP contribution in [0.15, 0.2) is 42.5 Å². The average Bonchev–Trinajstić information content (AvgIpc) is 2.38. The molecule has 2 aromatic rings. The van der Waals surface area contributed by atoms with Gasteiger partial charge >= 0.3 is 0 Å². The first-order valence-electron chi connectivity index (χ1n) is 5.07. The zero-order valence-electron chi connectivity index (χ0n) is 9.13. The molecule has 2 rings (SSSR count). The maximum Gasteiger partial charge on any atom is 0.278 e. The Bertz CT molecular complexity index is 662. The molecule has 0 saturated heterocycles. The molecular weight excluding hydrogens is 252 g/mol. The Morgan fingerprint density at radius 1 is 1.17 bits per heavy atom. The van der Waals surface area contributed by atoms with Gasteiger partial charge in [-0.1, -0.05) is 35.9 Å². The van der Waals surface area contributed by atoms with Gasteiger partial charge in [0.25, 0.3) is 5.69 Å². The van der Waals surface area contributed by atoms with Crippen molar-refractivity contribution >= 4 is 17.3 Å². The zero-order chi connectivity index (χ0) is 13.1. The molecule has 0 saturated carbocycles. The van der Waals surface area contributed by atoms with Gasteiger partial charge in [-0.05, 0) is 12.1 Å². The van der Waals surface area contributed by atoms with Crippen molar-refractivity contribution in [3.8, 4) is 17.2 Å². The number of nitro groups is 1. The molecule has 0 aliphatic heterocycles. The lowest BCUT2D eigenvalue weighted by atomic mass is 9.98. The van der Waals surface area contributed by atoms with Crippen molar-refractivity contribution < 1.29 is 4.92 Å². The van der Waals surface area contributed by atoms with Gasteiger partial charge in [0, 0.05) is 16.7 Å². The summed E-state index contributed by atoms with van der Waals surface area (Å²) in [7, 11) is 0. The molecule has 2 aromatic carbocycles. The monoisotopic (exact) mass is 258 g/mol. The Morgan fingerprint density at radius 2 is 1.89 bits per heavy atom. The molecular formula is C13H7ClN2O2. The highest BCUT2D eigenvalue weighted by atomic mass is 35.5. The summed E-state index contributed by atoms with van der Waals surface area (Å²) in [6.45, 7) is 0. The van der Waals surface area contributed by atoms with Crippen LogP contribution in [-0.2, 0) is 0 Å². The topological polar surface area (TPSA) is 66.9 Å². The van der Waals surface area contributed by atoms with E-state index in [4.69, 9.17) is 16.9 Å². The van der Waals surface area contributed by atoms with Crippen LogP contribution >= 0.6 is 11.6 Å². The third kappa shape index (κ3) is 2.04. The first-order chi connectivity index (χ1) is 8.65. The summed E-state index contributed by atoms with van der Waals surface area (Å²) < 4.78 is 0. The fourth-order valence-corrected chi connectivity index (χ4v) is 1.96. The van der Waals surface area contributed by atoms with Crippen molar-refractivity contribution in [1.82, 2.24) is 0 Å². The minimum atomic E-state index is -0.514. The highest BCUT2D eigenvalue weighted by Gasteiger charge is 2.20. The molecule has 0 amide bonds. The van der Waals surface area contributed by atoms with Crippen LogP contribution in [-0.4, -0.2) is 4.92 Å². The molecule has 0 radical (unpaired) electrons. The molecule has 4 nitrogen and oxygen atoms in total. The van der Waals surface area contributed by atoms with E-state index in [1.807, 2.05) is 6.07 Å². The molecule has 0 aliphatic carbocycles. The smallest absolute Gasteiger partial charge is 0.258 e. The number of halogens is 1. The van der Waals surface area contributed by atoms with Gasteiger partial charge in [0.15, 0.2) is 0 Å². The van der Waals surface area contributed by atoms with E-state index < -0.39 is 4.92 Å². The van der Waals surface area contributed by atoms with Crippen molar-refractivity contribution in [2.45, 2.75) is 0 Å². The molecule has 5 heteroatoms. The second-order valence-electron chi connectivity index (χ2n) is 3.55. The van der Waals surface area contributed by atoms with Crippen molar-refractivity contribution in [3.63, 3.8) is 0 Å². The second-order valence-corrected chi connectivity index (χ2v) is 3.96. The summed E-state index contributed by atoms with van der Waals surface area (Å²) >= 11 is 6.03. The molecule has 0 aliphatic rings. The van der Waals surface area contributed by atoms with Crippen molar-refractivity contribution in [2.24, 2.45) is 0 Å². The van der Waals surface area contributed by atoms with E-state index in [2.05, 4.69) is 0 Å². The van der Waals surface area contributed by atoms with Crippen molar-refractivity contribution in [1.29, 1.82) is 5.26 Å². The van der Waals surface area contributed by atoms with Gasteiger partial charge in [0.1, 0.15) is 6.07 Å². The van der Waals surface area contributed by atoms with Crippen LogP contribution in [0.3, 0.4) is 0 Å². The predicted molar refractivity (Wildman–Crippen MR) is 68.3 cm³/mol. The van der Waals surface area contributed by atoms with E-state index in [-0.39, 0.29) is 16.8 Å². The Kier molecular flexibility index (Phi) is 3.26. The van der Waals surface area contributed by atoms with Crippen LogP contribution in [0.1, 0.15) is 5.56 Å². The molecule has 0 aromatic heterocycles. The van der Waals surface area contributed by atoms with Crippen LogP contribution in [0.2, 0.25) is 5.02 Å². The normalized spacial score (nSPS) is 9.78. The van der Waals surface area contributed by atoms with E-state index in [0.717, 1.165) is 0 Å². The molecule has 0 unspecified atom stereocenters. The standard InChI is InChI=1S/C13H7ClN2O2/c14-11-6-2-1-5-10(11)13-9(8-15)4-3-7-12(13)16(17)18/h1-7H. The van der Waals surface area contributed by atoms with Gasteiger partial charge in [-0.15, -0.1) is 0 Å². The number of nitrogens with zero attached hydrogens (tertiary/aromatic N) is 2. The van der Waals surface area contributed by atoms with Gasteiger partial charge in [0.05, 0.1) is 16.1 Å². The van der Waals surface area contributed by atoms with Crippen LogP contribution in [0.5, 0.6) is 0 Å². The summed E-state index contributed by atoms with van der Waals surface area (Å²) in [5, 5.41) is 20.5. The van der Waals surface area contributed by atoms with E-state index >= 15 is 0 Å². The highest BCUT2D eigenvalue weighted by Crippen LogP contribution is 2.36. The minimum Gasteiger partial charge on any atom is -0.258 e. The fraction of sp³-hybridized carbons (Fsp3) is 0. The third-order valence-electron chi connectivity index (χ3n) is 2.50. The van der Waals surface area contributed by atoms with Gasteiger partial charge in [-0.25, -0.2) is 0 Å². The quantitative estimate of drug-likeness (QED) is 0.608. The number of rotatable bonds is 2. The lowest BCUT2D eigenvalue weighted by molar-refractivity contribution is -0.384. The molecule has 0 bridgehead atoms. The number of hydrogen-bond acceptors (Lipinski definition) is 3. The van der Waals surface area contributed by atoms with Gasteiger partial charge in [-0.3, -0.25) is 10.1 Å². The fourth-order valence-electron chi connectivity index (χ4n) is 1.73. The number of hydrogen-bond donors (Lipinski definition) is 0. The van der Waals surface area contributed by atoms with E-state index in [0.29, 0.717) is 10.6 Å². The Labute approximate surface area is 108 Å². The van der Waals surface area contributed by atoms with Crippen LogP contribution < -0.4 is 0 Å².